The number of hydrogen-bond acceptors (Lipinski definition) is 5. The fourth-order valence-electron chi connectivity index (χ4n) is 4.69. The van der Waals surface area contributed by atoms with Gasteiger partial charge in [-0.1, -0.05) is 54.6 Å². The van der Waals surface area contributed by atoms with Gasteiger partial charge in [0.1, 0.15) is 6.61 Å². The molecule has 0 fully saturated rings. The Morgan fingerprint density at radius 3 is 2.42 bits per heavy atom. The summed E-state index contributed by atoms with van der Waals surface area (Å²) in [5.74, 6) is 0.706. The van der Waals surface area contributed by atoms with Crippen LogP contribution in [0, 0.1) is 0 Å². The number of aromatic hydroxyl groups is 1. The van der Waals surface area contributed by atoms with Crippen molar-refractivity contribution >= 4 is 0 Å². The average molecular weight is 475 g/mol. The molecule has 0 atom stereocenters. The van der Waals surface area contributed by atoms with Crippen molar-refractivity contribution < 1.29 is 9.84 Å². The average Bonchev–Trinajstić information content (AvgIpc) is 3.23. The Balaban J connectivity index is 1.34. The van der Waals surface area contributed by atoms with Gasteiger partial charge in [0.15, 0.2) is 11.5 Å². The minimum Gasteiger partial charge on any atom is -0.504 e. The molecule has 0 spiro atoms. The van der Waals surface area contributed by atoms with E-state index in [0.717, 1.165) is 45.9 Å². The fraction of sp³-hybridized carbons (Fsp3) is 0.133. The first-order valence-electron chi connectivity index (χ1n) is 12.1. The molecule has 6 heteroatoms. The lowest BCUT2D eigenvalue weighted by Crippen LogP contribution is -2.25. The standard InChI is InChI=1S/C30H26N4O2/c35-28-18-23(27-13-7-8-14-31-27)17-24-19-33(15-16-36-30(24)28)20-25-21-34(26-11-5-2-6-12-26)32-29(25)22-9-3-1-4-10-22/h1-14,17-18,21,35H,15-16,19-20H2. The first-order chi connectivity index (χ1) is 17.7. The molecule has 6 nitrogen and oxygen atoms in total. The van der Waals surface area contributed by atoms with E-state index in [1.54, 1.807) is 12.3 Å². The topological polar surface area (TPSA) is 63.4 Å². The highest BCUT2D eigenvalue weighted by molar-refractivity contribution is 5.66. The third-order valence-corrected chi connectivity index (χ3v) is 6.41. The number of ether oxygens (including phenoxy) is 1. The number of para-hydroxylation sites is 1. The van der Waals surface area contributed by atoms with Gasteiger partial charge < -0.3 is 9.84 Å². The maximum Gasteiger partial charge on any atom is 0.165 e. The summed E-state index contributed by atoms with van der Waals surface area (Å²) < 4.78 is 7.94. The molecule has 2 aromatic heterocycles. The van der Waals surface area contributed by atoms with Crippen molar-refractivity contribution in [3.05, 3.63) is 115 Å². The number of pyridine rings is 1. The van der Waals surface area contributed by atoms with E-state index in [4.69, 9.17) is 9.84 Å². The minimum atomic E-state index is 0.150. The van der Waals surface area contributed by atoms with Gasteiger partial charge in [0, 0.05) is 54.3 Å². The van der Waals surface area contributed by atoms with Crippen LogP contribution in [0.1, 0.15) is 11.1 Å². The summed E-state index contributed by atoms with van der Waals surface area (Å²) in [4.78, 5) is 6.79. The zero-order chi connectivity index (χ0) is 24.3. The van der Waals surface area contributed by atoms with Gasteiger partial charge in [0.25, 0.3) is 0 Å². The van der Waals surface area contributed by atoms with E-state index in [9.17, 15) is 5.11 Å². The van der Waals surface area contributed by atoms with Crippen LogP contribution in [0.25, 0.3) is 28.2 Å². The molecule has 0 bridgehead atoms. The Bertz CT molecular complexity index is 1470. The maximum atomic E-state index is 10.7. The zero-order valence-corrected chi connectivity index (χ0v) is 19.8. The first kappa shape index (κ1) is 22.1. The molecule has 0 amide bonds. The van der Waals surface area contributed by atoms with Gasteiger partial charge in [-0.05, 0) is 36.4 Å². The second kappa shape index (κ2) is 9.68. The van der Waals surface area contributed by atoms with E-state index in [1.165, 1.54) is 0 Å². The number of nitrogens with zero attached hydrogens (tertiary/aromatic N) is 4. The Labute approximate surface area is 210 Å². The molecule has 0 radical (unpaired) electrons. The van der Waals surface area contributed by atoms with Crippen molar-refractivity contribution in [2.45, 2.75) is 13.1 Å². The smallest absolute Gasteiger partial charge is 0.165 e. The van der Waals surface area contributed by atoms with E-state index in [1.807, 2.05) is 59.3 Å². The lowest BCUT2D eigenvalue weighted by molar-refractivity contribution is 0.217. The molecule has 0 saturated carbocycles. The second-order valence-electron chi connectivity index (χ2n) is 8.91. The predicted molar refractivity (Wildman–Crippen MR) is 140 cm³/mol. The van der Waals surface area contributed by atoms with Crippen molar-refractivity contribution in [2.24, 2.45) is 0 Å². The number of fused-ring (bicyclic) bond motifs is 1. The van der Waals surface area contributed by atoms with Crippen LogP contribution in [-0.2, 0) is 13.1 Å². The lowest BCUT2D eigenvalue weighted by Gasteiger charge is -2.19. The summed E-state index contributed by atoms with van der Waals surface area (Å²) in [6, 6.07) is 30.0. The summed E-state index contributed by atoms with van der Waals surface area (Å²) >= 11 is 0. The lowest BCUT2D eigenvalue weighted by atomic mass is 10.0. The number of aromatic nitrogens is 3. The van der Waals surface area contributed by atoms with E-state index in [0.29, 0.717) is 25.4 Å². The third-order valence-electron chi connectivity index (χ3n) is 6.41. The Morgan fingerprint density at radius 2 is 1.64 bits per heavy atom. The predicted octanol–water partition coefficient (Wildman–Crippen LogP) is 5.70. The van der Waals surface area contributed by atoms with Gasteiger partial charge in [-0.3, -0.25) is 9.88 Å². The quantitative estimate of drug-likeness (QED) is 0.354. The molecule has 36 heavy (non-hydrogen) atoms. The van der Waals surface area contributed by atoms with Crippen LogP contribution in [0.2, 0.25) is 0 Å². The molecule has 0 unspecified atom stereocenters. The molecule has 0 aliphatic carbocycles. The monoisotopic (exact) mass is 474 g/mol. The van der Waals surface area contributed by atoms with Crippen LogP contribution in [0.3, 0.4) is 0 Å². The fourth-order valence-corrected chi connectivity index (χ4v) is 4.69. The van der Waals surface area contributed by atoms with Crippen molar-refractivity contribution in [2.75, 3.05) is 13.2 Å². The molecular formula is C30H26N4O2. The summed E-state index contributed by atoms with van der Waals surface area (Å²) in [6.07, 6.45) is 3.88. The van der Waals surface area contributed by atoms with E-state index >= 15 is 0 Å². The number of phenols is 1. The third kappa shape index (κ3) is 4.46. The Kier molecular flexibility index (Phi) is 5.93. The molecule has 0 saturated heterocycles. The molecule has 178 valence electrons. The summed E-state index contributed by atoms with van der Waals surface area (Å²) in [5.41, 5.74) is 6.86. The minimum absolute atomic E-state index is 0.150. The normalized spacial score (nSPS) is 13.6. The molecule has 1 aliphatic heterocycles. The summed E-state index contributed by atoms with van der Waals surface area (Å²) in [7, 11) is 0. The van der Waals surface area contributed by atoms with E-state index < -0.39 is 0 Å². The molecule has 1 aliphatic rings. The number of hydrogen-bond donors (Lipinski definition) is 1. The summed E-state index contributed by atoms with van der Waals surface area (Å²) in [5, 5.41) is 15.7. The van der Waals surface area contributed by atoms with Crippen LogP contribution in [0.5, 0.6) is 11.5 Å². The largest absolute Gasteiger partial charge is 0.504 e. The highest BCUT2D eigenvalue weighted by Gasteiger charge is 2.22. The number of benzene rings is 3. The Morgan fingerprint density at radius 1 is 0.861 bits per heavy atom. The van der Waals surface area contributed by atoms with Gasteiger partial charge >= 0.3 is 0 Å². The molecule has 1 N–H and O–H groups in total. The van der Waals surface area contributed by atoms with Crippen molar-refractivity contribution in [1.82, 2.24) is 19.7 Å². The van der Waals surface area contributed by atoms with Gasteiger partial charge in [0.05, 0.1) is 17.1 Å². The van der Waals surface area contributed by atoms with E-state index in [-0.39, 0.29) is 5.75 Å². The first-order valence-corrected chi connectivity index (χ1v) is 12.1. The van der Waals surface area contributed by atoms with Gasteiger partial charge in [-0.25, -0.2) is 4.68 Å². The van der Waals surface area contributed by atoms with Crippen LogP contribution >= 0.6 is 0 Å². The zero-order valence-electron chi connectivity index (χ0n) is 19.8. The number of rotatable bonds is 5. The van der Waals surface area contributed by atoms with Crippen LogP contribution in [0.15, 0.2) is 103 Å². The number of phenolic OH excluding ortho intramolecular Hbond substituents is 1. The molecule has 5 aromatic rings. The van der Waals surface area contributed by atoms with Crippen molar-refractivity contribution in [3.8, 4) is 39.7 Å². The van der Waals surface area contributed by atoms with Gasteiger partial charge in [-0.15, -0.1) is 0 Å². The molecule has 3 aromatic carbocycles. The summed E-state index contributed by atoms with van der Waals surface area (Å²) in [6.45, 7) is 2.58. The molecule has 3 heterocycles. The van der Waals surface area contributed by atoms with Crippen LogP contribution in [-0.4, -0.2) is 37.9 Å². The van der Waals surface area contributed by atoms with Crippen LogP contribution < -0.4 is 4.74 Å². The highest BCUT2D eigenvalue weighted by atomic mass is 16.5. The van der Waals surface area contributed by atoms with E-state index in [2.05, 4.69) is 46.4 Å². The maximum absolute atomic E-state index is 10.7. The van der Waals surface area contributed by atoms with Crippen molar-refractivity contribution in [3.63, 3.8) is 0 Å². The highest BCUT2D eigenvalue weighted by Crippen LogP contribution is 2.37. The van der Waals surface area contributed by atoms with Crippen molar-refractivity contribution in [1.29, 1.82) is 0 Å². The second-order valence-corrected chi connectivity index (χ2v) is 8.91. The SMILES string of the molecule is Oc1cc(-c2ccccn2)cc2c1OCCN(Cc1cn(-c3ccccc3)nc1-c1ccccc1)C2. The Hall–Kier alpha value is -4.42. The van der Waals surface area contributed by atoms with Gasteiger partial charge in [0.2, 0.25) is 0 Å². The van der Waals surface area contributed by atoms with Gasteiger partial charge in [-0.2, -0.15) is 5.10 Å². The molecule has 6 rings (SSSR count). The molecular weight excluding hydrogens is 448 g/mol. The van der Waals surface area contributed by atoms with Crippen LogP contribution in [0.4, 0.5) is 0 Å².